The van der Waals surface area contributed by atoms with E-state index in [4.69, 9.17) is 20.3 Å². The molecule has 0 aliphatic carbocycles. The van der Waals surface area contributed by atoms with Crippen molar-refractivity contribution >= 4 is 54.4 Å². The number of benzene rings is 1. The Hall–Kier alpha value is -1.77. The third-order valence-corrected chi connectivity index (χ3v) is 9.42. The Labute approximate surface area is 204 Å². The van der Waals surface area contributed by atoms with Crippen molar-refractivity contribution in [1.82, 2.24) is 18.9 Å². The Kier molecular flexibility index (Phi) is 6.12. The fourth-order valence-electron chi connectivity index (χ4n) is 4.32. The number of hydrogen-bond donors (Lipinski definition) is 1. The van der Waals surface area contributed by atoms with E-state index in [1.54, 1.807) is 10.5 Å². The third kappa shape index (κ3) is 4.49. The molecule has 1 saturated heterocycles. The van der Waals surface area contributed by atoms with E-state index in [0.29, 0.717) is 47.8 Å². The Morgan fingerprint density at radius 1 is 1.33 bits per heavy atom. The normalized spacial score (nSPS) is 24.6. The molecule has 2 unspecified atom stereocenters. The summed E-state index contributed by atoms with van der Waals surface area (Å²) in [5.41, 5.74) is 0.640. The molecular weight excluding hydrogens is 532 g/mol. The summed E-state index contributed by atoms with van der Waals surface area (Å²) in [5, 5.41) is 0.667. The van der Waals surface area contributed by atoms with Gasteiger partial charge in [0.1, 0.15) is 12.9 Å². The molecule has 0 radical (unpaired) electrons. The maximum Gasteiger partial charge on any atom is 0.295 e. The molecule has 3 aliphatic rings. The number of fused-ring (bicyclic) bond motifs is 2. The number of amidine groups is 1. The van der Waals surface area contributed by atoms with E-state index in [-0.39, 0.29) is 17.3 Å². The molecule has 10 nitrogen and oxygen atoms in total. The van der Waals surface area contributed by atoms with Gasteiger partial charge in [-0.3, -0.25) is 0 Å². The van der Waals surface area contributed by atoms with E-state index in [1.165, 1.54) is 24.3 Å². The Morgan fingerprint density at radius 3 is 2.91 bits per heavy atom. The molecule has 33 heavy (non-hydrogen) atoms. The predicted octanol–water partition coefficient (Wildman–Crippen LogP) is 3.00. The first-order chi connectivity index (χ1) is 15.7. The number of quaternary nitrogens is 1. The minimum Gasteiger partial charge on any atom is -0.454 e. The van der Waals surface area contributed by atoms with Crippen molar-refractivity contribution in [2.75, 3.05) is 32.7 Å². The first kappa shape index (κ1) is 23.0. The number of sulfonamides is 1. The zero-order chi connectivity index (χ0) is 23.2. The van der Waals surface area contributed by atoms with Crippen molar-refractivity contribution in [3.05, 3.63) is 29.1 Å². The summed E-state index contributed by atoms with van der Waals surface area (Å²) >= 11 is 5.05. The molecule has 0 bridgehead atoms. The number of nitrogens with zero attached hydrogens (tertiary/aromatic N) is 5. The number of aliphatic imine (C=N–C) groups is 1. The molecule has 176 valence electrons. The van der Waals surface area contributed by atoms with Crippen LogP contribution in [-0.2, 0) is 10.0 Å². The summed E-state index contributed by atoms with van der Waals surface area (Å²) in [6.07, 6.45) is 6.97. The molecule has 5 rings (SSSR count). The summed E-state index contributed by atoms with van der Waals surface area (Å²) in [5.74, 6) is 9.18. The molecule has 1 aromatic carbocycles. The van der Waals surface area contributed by atoms with Gasteiger partial charge in [0.25, 0.3) is 11.0 Å². The van der Waals surface area contributed by atoms with Crippen molar-refractivity contribution in [1.29, 1.82) is 0 Å². The minimum atomic E-state index is -3.20. The second-order valence-corrected chi connectivity index (χ2v) is 12.2. The van der Waals surface area contributed by atoms with E-state index in [2.05, 4.69) is 25.9 Å². The van der Waals surface area contributed by atoms with Crippen LogP contribution < -0.4 is 19.9 Å². The Balaban J connectivity index is 1.39. The van der Waals surface area contributed by atoms with Crippen LogP contribution in [-0.4, -0.2) is 60.5 Å². The quantitative estimate of drug-likeness (QED) is 0.441. The molecule has 0 amide bonds. The highest BCUT2D eigenvalue weighted by molar-refractivity contribution is 9.10. The second kappa shape index (κ2) is 8.78. The van der Waals surface area contributed by atoms with Crippen molar-refractivity contribution < 1.29 is 17.9 Å². The lowest BCUT2D eigenvalue weighted by Gasteiger charge is -2.33. The summed E-state index contributed by atoms with van der Waals surface area (Å²) in [4.78, 5) is 14.2. The van der Waals surface area contributed by atoms with Crippen LogP contribution in [0.25, 0.3) is 0 Å². The highest BCUT2D eigenvalue weighted by Crippen LogP contribution is 2.45. The van der Waals surface area contributed by atoms with E-state index < -0.39 is 10.0 Å². The molecule has 3 aliphatic heterocycles. The highest BCUT2D eigenvalue weighted by Gasteiger charge is 2.45. The summed E-state index contributed by atoms with van der Waals surface area (Å²) < 4.78 is 37.4. The molecule has 2 atom stereocenters. The number of ether oxygens (including phenoxy) is 2. The van der Waals surface area contributed by atoms with Crippen molar-refractivity contribution in [3.63, 3.8) is 0 Å². The van der Waals surface area contributed by atoms with Crippen molar-refractivity contribution in [2.24, 2.45) is 16.8 Å². The topological polar surface area (TPSA) is 120 Å². The SMILES string of the molecule is CS(=O)(=O)N1CCCC(CC[N+]2(N)C(Sc3cc4c(cc3Br)OCO4)=Nc3cncnc32)C1. The largest absolute Gasteiger partial charge is 0.454 e. The lowest BCUT2D eigenvalue weighted by atomic mass is 9.96. The van der Waals surface area contributed by atoms with E-state index in [1.807, 2.05) is 12.1 Å². The molecule has 0 spiro atoms. The van der Waals surface area contributed by atoms with Crippen LogP contribution in [0.3, 0.4) is 0 Å². The fraction of sp³-hybridized carbons (Fsp3) is 0.450. The van der Waals surface area contributed by atoms with Gasteiger partial charge in [0, 0.05) is 28.9 Å². The van der Waals surface area contributed by atoms with Crippen LogP contribution in [0.15, 0.2) is 39.0 Å². The van der Waals surface area contributed by atoms with Gasteiger partial charge >= 0.3 is 0 Å². The summed E-state index contributed by atoms with van der Waals surface area (Å²) in [6, 6.07) is 3.78. The van der Waals surface area contributed by atoms with Gasteiger partial charge in [0.05, 0.1) is 12.5 Å². The van der Waals surface area contributed by atoms with E-state index in [0.717, 1.165) is 28.6 Å². The molecule has 0 saturated carbocycles. The van der Waals surface area contributed by atoms with Crippen LogP contribution in [0.4, 0.5) is 11.5 Å². The number of thioether (sulfide) groups is 1. The smallest absolute Gasteiger partial charge is 0.295 e. The lowest BCUT2D eigenvalue weighted by molar-refractivity contribution is 0.174. The number of hydrogen-bond acceptors (Lipinski definition) is 9. The molecule has 13 heteroatoms. The maximum atomic E-state index is 12.0. The second-order valence-electron chi connectivity index (χ2n) is 8.37. The molecular formula is C20H24BrN6O4S2+. The maximum absolute atomic E-state index is 12.0. The van der Waals surface area contributed by atoms with Gasteiger partial charge < -0.3 is 9.47 Å². The van der Waals surface area contributed by atoms with Crippen LogP contribution in [0.5, 0.6) is 11.5 Å². The monoisotopic (exact) mass is 555 g/mol. The standard InChI is InChI=1S/C20H24BrN6O4S2/c1-33(28,29)26-5-2-3-13(10-26)4-6-27(22)19-15(9-23-11-24-19)25-20(27)32-18-8-17-16(7-14(18)21)30-12-31-17/h7-9,11,13H,2-6,10,12,22H2,1H3/q+1. The van der Waals surface area contributed by atoms with Crippen LogP contribution in [0.2, 0.25) is 0 Å². The number of halogens is 1. The van der Waals surface area contributed by atoms with Crippen molar-refractivity contribution in [3.8, 4) is 11.5 Å². The van der Waals surface area contributed by atoms with Crippen LogP contribution >= 0.6 is 27.7 Å². The predicted molar refractivity (Wildman–Crippen MR) is 130 cm³/mol. The summed E-state index contributed by atoms with van der Waals surface area (Å²) in [6.45, 7) is 1.83. The van der Waals surface area contributed by atoms with Gasteiger partial charge in [-0.15, -0.1) is 4.59 Å². The molecule has 1 fully saturated rings. The van der Waals surface area contributed by atoms with Gasteiger partial charge in [-0.1, -0.05) is 0 Å². The number of piperidine rings is 1. The van der Waals surface area contributed by atoms with Gasteiger partial charge in [-0.05, 0) is 58.6 Å². The zero-order valence-electron chi connectivity index (χ0n) is 18.0. The van der Waals surface area contributed by atoms with Gasteiger partial charge in [0.15, 0.2) is 17.2 Å². The zero-order valence-corrected chi connectivity index (χ0v) is 21.2. The van der Waals surface area contributed by atoms with Crippen LogP contribution in [0.1, 0.15) is 19.3 Å². The average Bonchev–Trinajstić information content (AvgIpc) is 3.35. The number of rotatable bonds is 5. The molecule has 1 aromatic heterocycles. The number of aromatic nitrogens is 2. The summed E-state index contributed by atoms with van der Waals surface area (Å²) in [7, 11) is -3.20. The first-order valence-electron chi connectivity index (χ1n) is 10.5. The highest BCUT2D eigenvalue weighted by atomic mass is 79.9. The van der Waals surface area contributed by atoms with Crippen molar-refractivity contribution in [2.45, 2.75) is 24.2 Å². The molecule has 2 N–H and O–H groups in total. The Bertz CT molecular complexity index is 1230. The molecule has 4 heterocycles. The van der Waals surface area contributed by atoms with Gasteiger partial charge in [-0.2, -0.15) is 15.8 Å². The fourth-order valence-corrected chi connectivity index (χ4v) is 6.83. The average molecular weight is 556 g/mol. The van der Waals surface area contributed by atoms with E-state index >= 15 is 0 Å². The Morgan fingerprint density at radius 2 is 2.12 bits per heavy atom. The third-order valence-electron chi connectivity index (χ3n) is 6.08. The minimum absolute atomic E-state index is 0.0568. The van der Waals surface area contributed by atoms with Gasteiger partial charge in [-0.25, -0.2) is 17.7 Å². The first-order valence-corrected chi connectivity index (χ1v) is 14.0. The molecule has 2 aromatic rings. The number of nitrogens with two attached hydrogens (primary N) is 1. The van der Waals surface area contributed by atoms with Gasteiger partial charge in [0.2, 0.25) is 16.8 Å². The van der Waals surface area contributed by atoms with E-state index in [9.17, 15) is 8.42 Å². The van der Waals surface area contributed by atoms with Crippen LogP contribution in [0, 0.1) is 5.92 Å². The lowest BCUT2D eigenvalue weighted by Crippen LogP contribution is -2.59.